The highest BCUT2D eigenvalue weighted by Gasteiger charge is 1.63. The Morgan fingerprint density at radius 3 is 2.88 bits per heavy atom. The van der Waals surface area contributed by atoms with Crippen LogP contribution in [0.15, 0.2) is 17.1 Å². The second-order valence-electron chi connectivity index (χ2n) is 1.37. The van der Waals surface area contributed by atoms with E-state index in [-0.39, 0.29) is 0 Å². The maximum atomic E-state index is 3.96. The van der Waals surface area contributed by atoms with E-state index < -0.39 is 0 Å². The fourth-order valence-corrected chi connectivity index (χ4v) is 0.291. The van der Waals surface area contributed by atoms with Gasteiger partial charge >= 0.3 is 0 Å². The summed E-state index contributed by atoms with van der Waals surface area (Å²) in [4.78, 5) is 3.96. The average molecular weight is 112 g/mol. The number of rotatable bonds is 3. The van der Waals surface area contributed by atoms with Gasteiger partial charge in [0.2, 0.25) is 0 Å². The fraction of sp³-hybridized carbons (Fsp3) is 0.500. The standard InChI is InChI=1S/C6H12N2/c1-3-4-5-8-6-7-2/h3-5,7H,6H2,1-2H3/b4-3-,8-5?. The Balaban J connectivity index is 3.07. The monoisotopic (exact) mass is 112 g/mol. The molecule has 0 aromatic carbocycles. The Labute approximate surface area is 50.3 Å². The van der Waals surface area contributed by atoms with Gasteiger partial charge < -0.3 is 5.32 Å². The Kier molecular flexibility index (Phi) is 5.87. The van der Waals surface area contributed by atoms with Gasteiger partial charge in [0.15, 0.2) is 0 Å². The third-order valence-electron chi connectivity index (χ3n) is 0.633. The predicted molar refractivity (Wildman–Crippen MR) is 37.2 cm³/mol. The molecule has 0 saturated carbocycles. The second kappa shape index (κ2) is 6.37. The molecular weight excluding hydrogens is 100 g/mol. The third-order valence-corrected chi connectivity index (χ3v) is 0.633. The van der Waals surface area contributed by atoms with Gasteiger partial charge in [0.05, 0.1) is 6.67 Å². The van der Waals surface area contributed by atoms with E-state index in [1.807, 2.05) is 26.1 Å². The van der Waals surface area contributed by atoms with Crippen molar-refractivity contribution < 1.29 is 0 Å². The minimum Gasteiger partial charge on any atom is -0.301 e. The van der Waals surface area contributed by atoms with Crippen molar-refractivity contribution in [2.24, 2.45) is 4.99 Å². The molecule has 0 radical (unpaired) electrons. The van der Waals surface area contributed by atoms with Gasteiger partial charge in [0.25, 0.3) is 0 Å². The summed E-state index contributed by atoms with van der Waals surface area (Å²) in [6.07, 6.45) is 5.62. The van der Waals surface area contributed by atoms with Crippen LogP contribution in [-0.4, -0.2) is 19.9 Å². The van der Waals surface area contributed by atoms with Crippen LogP contribution in [0.4, 0.5) is 0 Å². The molecule has 0 fully saturated rings. The molecule has 0 atom stereocenters. The topological polar surface area (TPSA) is 24.4 Å². The van der Waals surface area contributed by atoms with E-state index in [0.29, 0.717) is 6.67 Å². The van der Waals surface area contributed by atoms with Crippen molar-refractivity contribution >= 4 is 6.21 Å². The third kappa shape index (κ3) is 5.37. The van der Waals surface area contributed by atoms with Gasteiger partial charge in [-0.1, -0.05) is 6.08 Å². The Morgan fingerprint density at radius 2 is 2.38 bits per heavy atom. The molecule has 8 heavy (non-hydrogen) atoms. The van der Waals surface area contributed by atoms with Gasteiger partial charge in [-0.15, -0.1) is 0 Å². The van der Waals surface area contributed by atoms with E-state index in [1.165, 1.54) is 0 Å². The van der Waals surface area contributed by atoms with E-state index in [0.717, 1.165) is 0 Å². The largest absolute Gasteiger partial charge is 0.301 e. The highest BCUT2D eigenvalue weighted by molar-refractivity contribution is 5.70. The van der Waals surface area contributed by atoms with Gasteiger partial charge in [0, 0.05) is 6.21 Å². The van der Waals surface area contributed by atoms with Crippen LogP contribution >= 0.6 is 0 Å². The average Bonchev–Trinajstić information content (AvgIpc) is 1.81. The first-order chi connectivity index (χ1) is 3.91. The first kappa shape index (κ1) is 7.37. The van der Waals surface area contributed by atoms with Crippen molar-refractivity contribution in [3.8, 4) is 0 Å². The summed E-state index contributed by atoms with van der Waals surface area (Å²) in [7, 11) is 1.87. The maximum absolute atomic E-state index is 3.96. The number of nitrogens with zero attached hydrogens (tertiary/aromatic N) is 1. The molecular formula is C6H12N2. The zero-order chi connectivity index (χ0) is 6.24. The minimum absolute atomic E-state index is 0.699. The normalized spacial score (nSPS) is 11.8. The van der Waals surface area contributed by atoms with Gasteiger partial charge in [0.1, 0.15) is 0 Å². The predicted octanol–water partition coefficient (Wildman–Crippen LogP) is 0.810. The zero-order valence-electron chi connectivity index (χ0n) is 5.39. The molecule has 0 aromatic heterocycles. The Morgan fingerprint density at radius 1 is 1.62 bits per heavy atom. The summed E-state index contributed by atoms with van der Waals surface area (Å²) >= 11 is 0. The van der Waals surface area contributed by atoms with Crippen LogP contribution in [0.1, 0.15) is 6.92 Å². The lowest BCUT2D eigenvalue weighted by atomic mass is 10.6. The molecule has 0 spiro atoms. The van der Waals surface area contributed by atoms with Crippen LogP contribution in [0.2, 0.25) is 0 Å². The number of aliphatic imine (C=N–C) groups is 1. The molecule has 0 heterocycles. The van der Waals surface area contributed by atoms with E-state index in [9.17, 15) is 0 Å². The van der Waals surface area contributed by atoms with Crippen LogP contribution in [-0.2, 0) is 0 Å². The van der Waals surface area contributed by atoms with Crippen LogP contribution < -0.4 is 5.32 Å². The van der Waals surface area contributed by atoms with Gasteiger partial charge in [-0.05, 0) is 20.0 Å². The Bertz CT molecular complexity index is 84.5. The molecule has 1 N–H and O–H groups in total. The summed E-state index contributed by atoms with van der Waals surface area (Å²) in [6, 6.07) is 0. The molecule has 46 valence electrons. The molecule has 0 rings (SSSR count). The van der Waals surface area contributed by atoms with Crippen LogP contribution in [0.5, 0.6) is 0 Å². The smallest absolute Gasteiger partial charge is 0.0881 e. The van der Waals surface area contributed by atoms with E-state index in [2.05, 4.69) is 10.3 Å². The zero-order valence-corrected chi connectivity index (χ0v) is 5.39. The molecule has 2 heteroatoms. The van der Waals surface area contributed by atoms with Crippen LogP contribution in [0.3, 0.4) is 0 Å². The molecule has 0 bridgehead atoms. The fourth-order valence-electron chi connectivity index (χ4n) is 0.291. The first-order valence-corrected chi connectivity index (χ1v) is 2.67. The lowest BCUT2D eigenvalue weighted by Crippen LogP contribution is -2.04. The lowest BCUT2D eigenvalue weighted by Gasteiger charge is -1.83. The maximum Gasteiger partial charge on any atom is 0.0881 e. The summed E-state index contributed by atoms with van der Waals surface area (Å²) in [5, 5.41) is 2.89. The molecule has 2 nitrogen and oxygen atoms in total. The summed E-state index contributed by atoms with van der Waals surface area (Å²) in [6.45, 7) is 2.66. The summed E-state index contributed by atoms with van der Waals surface area (Å²) in [5.41, 5.74) is 0. The SMILES string of the molecule is C/C=C\C=NCNC. The number of hydrogen-bond acceptors (Lipinski definition) is 2. The van der Waals surface area contributed by atoms with Crippen LogP contribution in [0, 0.1) is 0 Å². The quantitative estimate of drug-likeness (QED) is 0.537. The molecule has 0 aliphatic carbocycles. The van der Waals surface area contributed by atoms with E-state index in [1.54, 1.807) is 6.21 Å². The molecule has 0 saturated heterocycles. The van der Waals surface area contributed by atoms with Crippen molar-refractivity contribution in [3.63, 3.8) is 0 Å². The van der Waals surface area contributed by atoms with E-state index in [4.69, 9.17) is 0 Å². The summed E-state index contributed by atoms with van der Waals surface area (Å²) in [5.74, 6) is 0. The van der Waals surface area contributed by atoms with Crippen molar-refractivity contribution in [1.29, 1.82) is 0 Å². The minimum atomic E-state index is 0.699. The summed E-state index contributed by atoms with van der Waals surface area (Å²) < 4.78 is 0. The molecule has 0 unspecified atom stereocenters. The van der Waals surface area contributed by atoms with Gasteiger partial charge in [-0.3, -0.25) is 4.99 Å². The van der Waals surface area contributed by atoms with Crippen LogP contribution in [0.25, 0.3) is 0 Å². The van der Waals surface area contributed by atoms with Gasteiger partial charge in [-0.25, -0.2) is 0 Å². The highest BCUT2D eigenvalue weighted by atomic mass is 15.0. The van der Waals surface area contributed by atoms with Crippen molar-refractivity contribution in [2.45, 2.75) is 6.92 Å². The van der Waals surface area contributed by atoms with Crippen molar-refractivity contribution in [2.75, 3.05) is 13.7 Å². The molecule has 0 aliphatic heterocycles. The van der Waals surface area contributed by atoms with Crippen molar-refractivity contribution in [3.05, 3.63) is 12.2 Å². The number of allylic oxidation sites excluding steroid dienone is 2. The Hall–Kier alpha value is -0.630. The second-order valence-corrected chi connectivity index (χ2v) is 1.37. The van der Waals surface area contributed by atoms with Crippen molar-refractivity contribution in [1.82, 2.24) is 5.32 Å². The molecule has 0 aromatic rings. The molecule has 0 aliphatic rings. The lowest BCUT2D eigenvalue weighted by molar-refractivity contribution is 0.838. The first-order valence-electron chi connectivity index (χ1n) is 2.67. The van der Waals surface area contributed by atoms with E-state index >= 15 is 0 Å². The highest BCUT2D eigenvalue weighted by Crippen LogP contribution is 1.64. The number of hydrogen-bond donors (Lipinski definition) is 1. The van der Waals surface area contributed by atoms with Gasteiger partial charge in [-0.2, -0.15) is 0 Å². The molecule has 0 amide bonds. The number of nitrogens with one attached hydrogen (secondary N) is 1.